The molecule has 5 rings (SSSR count). The van der Waals surface area contributed by atoms with Gasteiger partial charge in [0, 0.05) is 34.1 Å². The Bertz CT molecular complexity index is 1180. The van der Waals surface area contributed by atoms with Crippen molar-refractivity contribution in [3.63, 3.8) is 0 Å². The second-order valence-corrected chi connectivity index (χ2v) is 8.34. The molecule has 3 aromatic rings. The number of nitrogen functional groups attached to an aromatic ring is 1. The summed E-state index contributed by atoms with van der Waals surface area (Å²) in [4.78, 5) is 26.7. The number of rotatable bonds is 4. The van der Waals surface area contributed by atoms with Gasteiger partial charge < -0.3 is 16.4 Å². The molecule has 0 aromatic heterocycles. The Labute approximate surface area is 181 Å². The molecule has 1 fully saturated rings. The number of nitrogens with one attached hydrogen (secondary N) is 2. The first-order chi connectivity index (χ1) is 15.1. The highest BCUT2D eigenvalue weighted by Gasteiger charge is 2.33. The van der Waals surface area contributed by atoms with E-state index >= 15 is 0 Å². The van der Waals surface area contributed by atoms with E-state index < -0.39 is 0 Å². The van der Waals surface area contributed by atoms with Crippen LogP contribution in [0, 0.1) is 0 Å². The van der Waals surface area contributed by atoms with Crippen molar-refractivity contribution in [1.29, 1.82) is 0 Å². The van der Waals surface area contributed by atoms with Gasteiger partial charge in [-0.2, -0.15) is 0 Å². The molecule has 3 aromatic carbocycles. The Kier molecular flexibility index (Phi) is 4.94. The number of nitrogens with two attached hydrogens (primary N) is 1. The zero-order valence-electron chi connectivity index (χ0n) is 17.3. The molecule has 5 nitrogen and oxygen atoms in total. The Morgan fingerprint density at radius 3 is 2.26 bits per heavy atom. The van der Waals surface area contributed by atoms with Crippen molar-refractivity contribution >= 4 is 34.3 Å². The van der Waals surface area contributed by atoms with Gasteiger partial charge in [0.1, 0.15) is 0 Å². The van der Waals surface area contributed by atoms with Gasteiger partial charge in [0.2, 0.25) is 0 Å². The lowest BCUT2D eigenvalue weighted by Gasteiger charge is -2.28. The van der Waals surface area contributed by atoms with E-state index in [4.69, 9.17) is 5.73 Å². The fourth-order valence-electron chi connectivity index (χ4n) is 4.66. The number of carbonyl (C=O) groups excluding carboxylic acids is 2. The molecule has 0 unspecified atom stereocenters. The van der Waals surface area contributed by atoms with Gasteiger partial charge in [-0.1, -0.05) is 49.6 Å². The summed E-state index contributed by atoms with van der Waals surface area (Å²) < 4.78 is 0. The molecule has 31 heavy (non-hydrogen) atoms. The van der Waals surface area contributed by atoms with E-state index in [1.54, 1.807) is 30.3 Å². The molecule has 0 saturated heterocycles. The largest absolute Gasteiger partial charge is 0.399 e. The first kappa shape index (κ1) is 19.4. The summed E-state index contributed by atoms with van der Waals surface area (Å²) in [6.45, 7) is 0. The van der Waals surface area contributed by atoms with Crippen molar-refractivity contribution in [2.24, 2.45) is 0 Å². The molecule has 1 saturated carbocycles. The van der Waals surface area contributed by atoms with E-state index in [0.717, 1.165) is 24.2 Å². The third-order valence-electron chi connectivity index (χ3n) is 6.21. The van der Waals surface area contributed by atoms with Crippen molar-refractivity contribution in [3.8, 4) is 0 Å². The van der Waals surface area contributed by atoms with Gasteiger partial charge in [-0.25, -0.2) is 0 Å². The maximum atomic E-state index is 13.5. The Hall–Kier alpha value is -3.60. The first-order valence-electron chi connectivity index (χ1n) is 10.9. The Balaban J connectivity index is 1.64. The molecule has 0 spiro atoms. The van der Waals surface area contributed by atoms with E-state index in [-0.39, 0.29) is 11.6 Å². The number of hydrogen-bond donors (Lipinski definition) is 3. The summed E-state index contributed by atoms with van der Waals surface area (Å²) >= 11 is 0. The molecule has 0 aliphatic heterocycles. The fourth-order valence-corrected chi connectivity index (χ4v) is 4.66. The molecule has 5 heteroatoms. The smallest absolute Gasteiger partial charge is 0.196 e. The number of ketones is 2. The van der Waals surface area contributed by atoms with Crippen molar-refractivity contribution in [1.82, 2.24) is 0 Å². The molecule has 156 valence electrons. The maximum absolute atomic E-state index is 13.5. The Morgan fingerprint density at radius 2 is 1.52 bits per heavy atom. The predicted molar refractivity (Wildman–Crippen MR) is 124 cm³/mol. The summed E-state index contributed by atoms with van der Waals surface area (Å²) in [6.07, 6.45) is 5.87. The molecule has 0 atom stereocenters. The molecular formula is C26H25N3O2. The van der Waals surface area contributed by atoms with Crippen LogP contribution in [-0.4, -0.2) is 17.6 Å². The molecule has 2 aliphatic carbocycles. The lowest BCUT2D eigenvalue weighted by atomic mass is 9.82. The summed E-state index contributed by atoms with van der Waals surface area (Å²) in [7, 11) is 0. The van der Waals surface area contributed by atoms with Crippen LogP contribution in [-0.2, 0) is 0 Å². The van der Waals surface area contributed by atoms with Gasteiger partial charge in [0.05, 0.1) is 16.9 Å². The van der Waals surface area contributed by atoms with Crippen LogP contribution in [0.2, 0.25) is 0 Å². The average Bonchev–Trinajstić information content (AvgIpc) is 2.79. The third kappa shape index (κ3) is 3.56. The number of benzene rings is 3. The standard InChI is InChI=1S/C26H25N3O2/c27-16-7-6-10-18(15-16)29-24-22(28-17-8-2-1-3-9-17)14-13-21-23(24)26(31)20-12-5-4-11-19(20)25(21)30/h4-7,10-15,17,28-29H,1-3,8-9,27H2. The maximum Gasteiger partial charge on any atom is 0.196 e. The van der Waals surface area contributed by atoms with Crippen molar-refractivity contribution in [2.45, 2.75) is 38.1 Å². The molecule has 0 bridgehead atoms. The van der Waals surface area contributed by atoms with Crippen molar-refractivity contribution in [2.75, 3.05) is 16.4 Å². The topological polar surface area (TPSA) is 84.2 Å². The van der Waals surface area contributed by atoms with Gasteiger partial charge in [0.15, 0.2) is 11.6 Å². The minimum Gasteiger partial charge on any atom is -0.399 e. The van der Waals surface area contributed by atoms with Gasteiger partial charge in [-0.05, 0) is 43.2 Å². The number of carbonyl (C=O) groups is 2. The second-order valence-electron chi connectivity index (χ2n) is 8.34. The number of fused-ring (bicyclic) bond motifs is 2. The highest BCUT2D eigenvalue weighted by atomic mass is 16.1. The Morgan fingerprint density at radius 1 is 0.774 bits per heavy atom. The minimum atomic E-state index is -0.135. The molecule has 0 heterocycles. The summed E-state index contributed by atoms with van der Waals surface area (Å²) in [5.41, 5.74) is 10.6. The molecular weight excluding hydrogens is 386 g/mol. The highest BCUT2D eigenvalue weighted by molar-refractivity contribution is 6.31. The van der Waals surface area contributed by atoms with E-state index in [1.807, 2.05) is 30.3 Å². The average molecular weight is 412 g/mol. The predicted octanol–water partition coefficient (Wildman–Crippen LogP) is 5.53. The zero-order chi connectivity index (χ0) is 21.4. The lowest BCUT2D eigenvalue weighted by molar-refractivity contribution is 0.0980. The van der Waals surface area contributed by atoms with Crippen LogP contribution in [0.15, 0.2) is 60.7 Å². The zero-order valence-corrected chi connectivity index (χ0v) is 17.3. The molecule has 0 amide bonds. The van der Waals surface area contributed by atoms with E-state index in [0.29, 0.717) is 39.7 Å². The quantitative estimate of drug-likeness (QED) is 0.384. The van der Waals surface area contributed by atoms with Crippen LogP contribution in [0.4, 0.5) is 22.7 Å². The van der Waals surface area contributed by atoms with Gasteiger partial charge in [-0.3, -0.25) is 9.59 Å². The van der Waals surface area contributed by atoms with E-state index in [9.17, 15) is 9.59 Å². The molecule has 0 radical (unpaired) electrons. The minimum absolute atomic E-state index is 0.120. The van der Waals surface area contributed by atoms with Gasteiger partial charge >= 0.3 is 0 Å². The van der Waals surface area contributed by atoms with Crippen LogP contribution in [0.25, 0.3) is 0 Å². The van der Waals surface area contributed by atoms with Crippen LogP contribution in [0.1, 0.15) is 63.9 Å². The van der Waals surface area contributed by atoms with Gasteiger partial charge in [0.25, 0.3) is 0 Å². The first-order valence-corrected chi connectivity index (χ1v) is 10.9. The van der Waals surface area contributed by atoms with E-state index in [2.05, 4.69) is 10.6 Å². The monoisotopic (exact) mass is 411 g/mol. The number of hydrogen-bond acceptors (Lipinski definition) is 5. The third-order valence-corrected chi connectivity index (χ3v) is 6.21. The summed E-state index contributed by atoms with van der Waals surface area (Å²) in [6, 6.07) is 18.5. The van der Waals surface area contributed by atoms with Crippen LogP contribution >= 0.6 is 0 Å². The summed E-state index contributed by atoms with van der Waals surface area (Å²) in [5, 5.41) is 7.03. The molecule has 4 N–H and O–H groups in total. The second kappa shape index (κ2) is 7.91. The fraction of sp³-hybridized carbons (Fsp3) is 0.231. The van der Waals surface area contributed by atoms with Gasteiger partial charge in [-0.15, -0.1) is 0 Å². The van der Waals surface area contributed by atoms with Crippen molar-refractivity contribution in [3.05, 3.63) is 82.9 Å². The van der Waals surface area contributed by atoms with Crippen LogP contribution < -0.4 is 16.4 Å². The normalized spacial score (nSPS) is 15.9. The number of anilines is 4. The summed E-state index contributed by atoms with van der Waals surface area (Å²) in [5.74, 6) is -0.256. The van der Waals surface area contributed by atoms with Crippen LogP contribution in [0.5, 0.6) is 0 Å². The molecule has 2 aliphatic rings. The van der Waals surface area contributed by atoms with E-state index in [1.165, 1.54) is 19.3 Å². The highest BCUT2D eigenvalue weighted by Crippen LogP contribution is 2.39. The van der Waals surface area contributed by atoms with Crippen LogP contribution in [0.3, 0.4) is 0 Å². The SMILES string of the molecule is Nc1cccc(Nc2c(NC3CCCCC3)ccc3c2C(=O)c2ccccc2C3=O)c1. The van der Waals surface area contributed by atoms with Crippen molar-refractivity contribution < 1.29 is 9.59 Å². The lowest BCUT2D eigenvalue weighted by Crippen LogP contribution is -2.26.